The highest BCUT2D eigenvalue weighted by Gasteiger charge is 2.35. The molecule has 0 aromatic carbocycles. The molecule has 0 aromatic rings. The van der Waals surface area contributed by atoms with Gasteiger partial charge in [-0.3, -0.25) is 17.2 Å². The zero-order chi connectivity index (χ0) is 8.41. The molecule has 0 aliphatic heterocycles. The van der Waals surface area contributed by atoms with E-state index in [-0.39, 0.29) is 0 Å². The van der Waals surface area contributed by atoms with E-state index in [2.05, 4.69) is 4.52 Å². The van der Waals surface area contributed by atoms with Gasteiger partial charge < -0.3 is 0 Å². The van der Waals surface area contributed by atoms with Crippen molar-refractivity contribution in [3.05, 3.63) is 0 Å². The first kappa shape index (κ1) is 10.2. The second-order valence-corrected chi connectivity index (χ2v) is 3.18. The number of nitrogens with two attached hydrogens (primary N) is 3. The molecule has 0 atom stereocenters. The van der Waals surface area contributed by atoms with Crippen LogP contribution in [0.25, 0.3) is 0 Å². The summed E-state index contributed by atoms with van der Waals surface area (Å²) in [5.74, 6) is -1.67. The van der Waals surface area contributed by atoms with E-state index in [1.165, 1.54) is 0 Å². The highest BCUT2D eigenvalue weighted by atomic mass is 31.2. The van der Waals surface area contributed by atoms with Crippen molar-refractivity contribution in [2.24, 2.45) is 17.2 Å². The fourth-order valence-electron chi connectivity index (χ4n) is 0.198. The van der Waals surface area contributed by atoms with Crippen molar-refractivity contribution in [2.45, 2.75) is 5.79 Å². The monoisotopic (exact) mass is 172 g/mol. The molecule has 62 valence electrons. The van der Waals surface area contributed by atoms with E-state index in [4.69, 9.17) is 31.9 Å². The second kappa shape index (κ2) is 3.04. The van der Waals surface area contributed by atoms with Crippen LogP contribution in [0, 0.1) is 0 Å². The Balaban J connectivity index is 3.56. The van der Waals surface area contributed by atoms with Gasteiger partial charge in [-0.2, -0.15) is 14.7 Å². The van der Waals surface area contributed by atoms with E-state index < -0.39 is 20.6 Å². The summed E-state index contributed by atoms with van der Waals surface area (Å²) in [7, 11) is -4.25. The average molecular weight is 172 g/mol. The molecular weight excluding hydrogens is 161 g/mol. The third kappa shape index (κ3) is 8.15. The fourth-order valence-corrected chi connectivity index (χ4v) is 0.595. The third-order valence-electron chi connectivity index (χ3n) is 0.488. The molecule has 0 bridgehead atoms. The van der Waals surface area contributed by atoms with Gasteiger partial charge in [-0.15, -0.1) is 4.52 Å². The van der Waals surface area contributed by atoms with Crippen LogP contribution in [0.5, 0.6) is 0 Å². The maximum atomic E-state index is 8.21. The minimum atomic E-state index is -4.25. The molecule has 0 aliphatic rings. The van der Waals surface area contributed by atoms with Crippen molar-refractivity contribution in [3.8, 4) is 0 Å². The van der Waals surface area contributed by atoms with Crippen LogP contribution >= 0.6 is 8.17 Å². The first-order valence-corrected chi connectivity index (χ1v) is 3.86. The minimum absolute atomic E-state index is 0.537. The predicted molar refractivity (Wildman–Crippen MR) is 34.8 cm³/mol. The summed E-state index contributed by atoms with van der Waals surface area (Å²) in [6, 6.07) is 0. The molecule has 0 aromatic heterocycles. The number of hydrogen-bond donors (Lipinski definition) is 6. The van der Waals surface area contributed by atoms with Gasteiger partial charge >= 0.3 is 8.17 Å². The Morgan fingerprint density at radius 2 is 1.60 bits per heavy atom. The van der Waals surface area contributed by atoms with Gasteiger partial charge in [0.1, 0.15) is 12.4 Å². The highest BCUT2D eigenvalue weighted by molar-refractivity contribution is 7.53. The molecule has 10 heavy (non-hydrogen) atoms. The van der Waals surface area contributed by atoms with Crippen LogP contribution in [-0.2, 0) is 4.52 Å². The lowest BCUT2D eigenvalue weighted by Crippen LogP contribution is -2.61. The smallest absolute Gasteiger partial charge is 0.299 e. The lowest BCUT2D eigenvalue weighted by molar-refractivity contribution is 0.128. The van der Waals surface area contributed by atoms with Crippen LogP contribution in [0.3, 0.4) is 0 Å². The van der Waals surface area contributed by atoms with E-state index in [1.807, 2.05) is 0 Å². The Bertz CT molecular complexity index is 92.1. The van der Waals surface area contributed by atoms with Crippen LogP contribution in [0.1, 0.15) is 0 Å². The van der Waals surface area contributed by atoms with Crippen LogP contribution in [0.2, 0.25) is 0 Å². The summed E-state index contributed by atoms with van der Waals surface area (Å²) in [4.78, 5) is 24.6. The van der Waals surface area contributed by atoms with Crippen LogP contribution in [-0.4, -0.2) is 27.1 Å². The molecule has 0 saturated heterocycles. The van der Waals surface area contributed by atoms with Gasteiger partial charge in [-0.05, 0) is 0 Å². The van der Waals surface area contributed by atoms with Gasteiger partial charge in [0.25, 0.3) is 0 Å². The van der Waals surface area contributed by atoms with Gasteiger partial charge in [0.2, 0.25) is 0 Å². The average Bonchev–Trinajstić information content (AvgIpc) is 1.57. The van der Waals surface area contributed by atoms with Crippen LogP contribution in [0.4, 0.5) is 0 Å². The molecule has 9 N–H and O–H groups in total. The molecule has 0 unspecified atom stereocenters. The lowest BCUT2D eigenvalue weighted by atomic mass is 10.4. The number of rotatable bonds is 3. The fraction of sp³-hybridized carbons (Fsp3) is 1.00. The summed E-state index contributed by atoms with van der Waals surface area (Å²) in [5.41, 5.74) is 14.9. The molecule has 0 aliphatic carbocycles. The normalized spacial score (nSPS) is 13.8. The van der Waals surface area contributed by atoms with Crippen molar-refractivity contribution in [1.82, 2.24) is 0 Å². The number of hydrogen-bond acceptors (Lipinski definition) is 7. The van der Waals surface area contributed by atoms with E-state index in [0.29, 0.717) is 0 Å². The van der Waals surface area contributed by atoms with E-state index in [9.17, 15) is 0 Å². The Kier molecular flexibility index (Phi) is 3.08. The lowest BCUT2D eigenvalue weighted by Gasteiger charge is -2.16. The van der Waals surface area contributed by atoms with E-state index in [1.54, 1.807) is 0 Å². The molecule has 8 heteroatoms. The Labute approximate surface area is 58.1 Å². The van der Waals surface area contributed by atoms with Crippen LogP contribution < -0.4 is 17.2 Å². The van der Waals surface area contributed by atoms with Crippen LogP contribution in [0.15, 0.2) is 0 Å². The van der Waals surface area contributed by atoms with Crippen molar-refractivity contribution in [3.63, 3.8) is 0 Å². The summed E-state index contributed by atoms with van der Waals surface area (Å²) < 4.78 is 4.00. The quantitative estimate of drug-likeness (QED) is 0.199. The molecule has 0 fully saturated rings. The molecular formula is C2H11N3O4P+. The molecule has 7 nitrogen and oxygen atoms in total. The van der Waals surface area contributed by atoms with Gasteiger partial charge in [-0.25, -0.2) is 0 Å². The highest BCUT2D eigenvalue weighted by Crippen LogP contribution is 2.45. The summed E-state index contributed by atoms with van der Waals surface area (Å²) in [5, 5.41) is 0. The first-order chi connectivity index (χ1) is 4.21. The largest absolute Gasteiger partial charge is 0.567 e. The standard InChI is InChI=1S/C2H11N3O4P/c3-2(4,5)1-9-10(6,7)8/h6-8H,1,3-5H2/q+1. The Hall–Kier alpha value is 0.150. The van der Waals surface area contributed by atoms with Crippen molar-refractivity contribution in [2.75, 3.05) is 6.61 Å². The zero-order valence-corrected chi connectivity index (χ0v) is 6.03. The van der Waals surface area contributed by atoms with E-state index in [0.717, 1.165) is 0 Å². The topological polar surface area (TPSA) is 148 Å². The zero-order valence-electron chi connectivity index (χ0n) is 5.14. The summed E-state index contributed by atoms with van der Waals surface area (Å²) in [6.45, 7) is -0.537. The molecule has 0 radical (unpaired) electrons. The Morgan fingerprint density at radius 3 is 1.70 bits per heavy atom. The first-order valence-electron chi connectivity index (χ1n) is 2.29. The van der Waals surface area contributed by atoms with Gasteiger partial charge in [-0.1, -0.05) is 0 Å². The van der Waals surface area contributed by atoms with E-state index >= 15 is 0 Å². The molecule has 0 rings (SSSR count). The summed E-state index contributed by atoms with van der Waals surface area (Å²) >= 11 is 0. The molecule has 0 amide bonds. The van der Waals surface area contributed by atoms with Gasteiger partial charge in [0.05, 0.1) is 0 Å². The third-order valence-corrected chi connectivity index (χ3v) is 0.963. The molecule has 0 heterocycles. The van der Waals surface area contributed by atoms with Crippen molar-refractivity contribution in [1.29, 1.82) is 0 Å². The minimum Gasteiger partial charge on any atom is -0.299 e. The van der Waals surface area contributed by atoms with Gasteiger partial charge in [0.15, 0.2) is 0 Å². The Morgan fingerprint density at radius 1 is 1.20 bits per heavy atom. The second-order valence-electron chi connectivity index (χ2n) is 1.90. The predicted octanol–water partition coefficient (Wildman–Crippen LogP) is -2.81. The van der Waals surface area contributed by atoms with Crippen molar-refractivity contribution < 1.29 is 19.2 Å². The molecule has 0 spiro atoms. The maximum Gasteiger partial charge on any atom is 0.567 e. The molecule has 0 saturated carbocycles. The van der Waals surface area contributed by atoms with Crippen molar-refractivity contribution >= 4 is 8.17 Å². The SMILES string of the molecule is NC(N)(N)CO[P+](O)(O)O. The summed E-state index contributed by atoms with van der Waals surface area (Å²) in [6.07, 6.45) is 0. The van der Waals surface area contributed by atoms with Gasteiger partial charge in [0, 0.05) is 0 Å². The maximum absolute atomic E-state index is 8.21.